The lowest BCUT2D eigenvalue weighted by molar-refractivity contribution is -0.134. The summed E-state index contributed by atoms with van der Waals surface area (Å²) in [5.41, 5.74) is 23.2. The first kappa shape index (κ1) is 39.4. The van der Waals surface area contributed by atoms with E-state index in [2.05, 4.69) is 36.6 Å². The molecule has 5 amide bonds. The van der Waals surface area contributed by atoms with Crippen LogP contribution in [0.5, 0.6) is 5.75 Å². The average molecular weight is 730 g/mol. The molecule has 4 atom stereocenters. The van der Waals surface area contributed by atoms with Crippen LogP contribution in [0.2, 0.25) is 0 Å². The van der Waals surface area contributed by atoms with Gasteiger partial charge in [-0.1, -0.05) is 54.6 Å². The molecule has 0 radical (unpaired) electrons. The van der Waals surface area contributed by atoms with Gasteiger partial charge in [0.25, 0.3) is 0 Å². The highest BCUT2D eigenvalue weighted by atomic mass is 16.3. The number of phenolic OH excluding ortho intramolecular Hbond substituents is 1. The van der Waals surface area contributed by atoms with E-state index < -0.39 is 60.2 Å². The van der Waals surface area contributed by atoms with Crippen molar-refractivity contribution >= 4 is 52.2 Å². The van der Waals surface area contributed by atoms with Crippen LogP contribution in [0.15, 0.2) is 76.7 Å². The highest BCUT2D eigenvalue weighted by molar-refractivity contribution is 5.97. The van der Waals surface area contributed by atoms with E-state index in [-0.39, 0.29) is 69.3 Å². The molecule has 53 heavy (non-hydrogen) atoms. The van der Waals surface area contributed by atoms with E-state index in [1.807, 2.05) is 42.5 Å². The Bertz CT molecular complexity index is 1820. The highest BCUT2D eigenvalue weighted by Crippen LogP contribution is 2.17. The lowest BCUT2D eigenvalue weighted by Crippen LogP contribution is -2.58. The number of amides is 5. The van der Waals surface area contributed by atoms with Gasteiger partial charge in [0, 0.05) is 25.9 Å². The standard InChI is InChI=1S/C36H47N11O6/c37-35(38)41-15-3-7-26-32(51)45-27(8-4-16-42-36(39)40)33(52)47-28(18-21-10-13-25(48)14-11-21)31(50)43-20-30(49)44-29(34(53)46-26)19-22-9-12-23-5-1-2-6-24(23)17-22/h1-2,5-6,9-14,17,26-29,48H,3-4,7-8,15-16,18-20H2,(H,43,50)(H,44,49)(H,45,51)(H,46,53)(H,47,52)(H4,37,38,41)(H4,39,40,42)/t26-,27-,28+,29-/m1/s1. The zero-order valence-electron chi connectivity index (χ0n) is 29.2. The lowest BCUT2D eigenvalue weighted by Gasteiger charge is -2.26. The predicted molar refractivity (Wildman–Crippen MR) is 200 cm³/mol. The second-order valence-electron chi connectivity index (χ2n) is 12.7. The molecule has 0 saturated carbocycles. The Morgan fingerprint density at radius 2 is 1.09 bits per heavy atom. The van der Waals surface area contributed by atoms with Crippen LogP contribution in [0.1, 0.15) is 36.8 Å². The van der Waals surface area contributed by atoms with Crippen LogP contribution in [0.25, 0.3) is 10.8 Å². The van der Waals surface area contributed by atoms with Crippen molar-refractivity contribution in [2.24, 2.45) is 32.9 Å². The normalized spacial score (nSPS) is 20.0. The molecule has 0 spiro atoms. The third-order valence-corrected chi connectivity index (χ3v) is 8.49. The van der Waals surface area contributed by atoms with Crippen LogP contribution in [0.4, 0.5) is 0 Å². The van der Waals surface area contributed by atoms with Gasteiger partial charge >= 0.3 is 0 Å². The summed E-state index contributed by atoms with van der Waals surface area (Å²) in [6, 6.07) is 14.7. The average Bonchev–Trinajstić information content (AvgIpc) is 3.12. The summed E-state index contributed by atoms with van der Waals surface area (Å²) >= 11 is 0. The maximum atomic E-state index is 13.9. The van der Waals surface area contributed by atoms with Crippen molar-refractivity contribution in [2.75, 3.05) is 19.6 Å². The molecule has 17 nitrogen and oxygen atoms in total. The number of benzene rings is 3. The van der Waals surface area contributed by atoms with Gasteiger partial charge in [-0.25, -0.2) is 0 Å². The van der Waals surface area contributed by atoms with Crippen molar-refractivity contribution in [3.05, 3.63) is 77.9 Å². The van der Waals surface area contributed by atoms with Gasteiger partial charge in [0.05, 0.1) is 6.54 Å². The van der Waals surface area contributed by atoms with E-state index in [1.54, 1.807) is 12.1 Å². The second-order valence-corrected chi connectivity index (χ2v) is 12.7. The van der Waals surface area contributed by atoms with Gasteiger partial charge in [-0.05, 0) is 59.7 Å². The monoisotopic (exact) mass is 729 g/mol. The molecule has 1 aliphatic heterocycles. The summed E-state index contributed by atoms with van der Waals surface area (Å²) in [6.07, 6.45) is 0.769. The number of phenols is 1. The first-order valence-electron chi connectivity index (χ1n) is 17.2. The molecule has 1 aliphatic rings. The molecular formula is C36H47N11O6. The highest BCUT2D eigenvalue weighted by Gasteiger charge is 2.32. The van der Waals surface area contributed by atoms with Crippen LogP contribution in [0, 0.1) is 0 Å². The van der Waals surface area contributed by atoms with Gasteiger partial charge in [0.15, 0.2) is 11.9 Å². The number of fused-ring (bicyclic) bond motifs is 1. The number of hydrogen-bond acceptors (Lipinski definition) is 8. The molecule has 4 rings (SSSR count). The molecule has 3 aromatic rings. The molecule has 1 saturated heterocycles. The Hall–Kier alpha value is -6.39. The number of nitrogens with one attached hydrogen (secondary N) is 5. The van der Waals surface area contributed by atoms with E-state index in [0.29, 0.717) is 5.56 Å². The summed E-state index contributed by atoms with van der Waals surface area (Å²) < 4.78 is 0. The molecule has 14 N–H and O–H groups in total. The molecule has 0 unspecified atom stereocenters. The maximum absolute atomic E-state index is 13.9. The van der Waals surface area contributed by atoms with E-state index >= 15 is 0 Å². The summed E-state index contributed by atoms with van der Waals surface area (Å²) in [5, 5.41) is 25.1. The Balaban J connectivity index is 1.68. The van der Waals surface area contributed by atoms with Gasteiger partial charge in [-0.3, -0.25) is 34.0 Å². The van der Waals surface area contributed by atoms with Gasteiger partial charge in [0.1, 0.15) is 29.9 Å². The minimum atomic E-state index is -1.19. The van der Waals surface area contributed by atoms with Crippen LogP contribution >= 0.6 is 0 Å². The number of carbonyl (C=O) groups is 5. The molecule has 0 aliphatic carbocycles. The fraction of sp³-hybridized carbons (Fsp3) is 0.361. The smallest absolute Gasteiger partial charge is 0.243 e. The minimum Gasteiger partial charge on any atom is -0.508 e. The molecule has 282 valence electrons. The number of aliphatic imine (C=N–C) groups is 2. The van der Waals surface area contributed by atoms with Crippen LogP contribution in [-0.2, 0) is 36.8 Å². The summed E-state index contributed by atoms with van der Waals surface area (Å²) in [5.74, 6) is -3.66. The summed E-state index contributed by atoms with van der Waals surface area (Å²) in [7, 11) is 0. The third-order valence-electron chi connectivity index (χ3n) is 8.49. The number of guanidine groups is 2. The van der Waals surface area contributed by atoms with Crippen LogP contribution in [-0.4, -0.2) is 90.4 Å². The SMILES string of the molecule is NC(N)=NCCC[C@H]1NC(=O)[C@@H](CCCN=C(N)N)NC(=O)[C@@H](Cc2ccc3ccccc3c2)NC(=O)CNC(=O)[C@H](Cc2ccc(O)cc2)NC1=O. The number of hydrogen-bond donors (Lipinski definition) is 10. The Labute approximate surface area is 306 Å². The molecule has 0 bridgehead atoms. The third kappa shape index (κ3) is 12.7. The number of carbonyl (C=O) groups excluding carboxylic acids is 5. The zero-order chi connectivity index (χ0) is 38.3. The molecule has 17 heteroatoms. The molecule has 3 aromatic carbocycles. The van der Waals surface area contributed by atoms with E-state index in [9.17, 15) is 29.1 Å². The number of nitrogens with two attached hydrogens (primary N) is 4. The zero-order valence-corrected chi connectivity index (χ0v) is 29.2. The molecule has 1 fully saturated rings. The van der Waals surface area contributed by atoms with Crippen molar-refractivity contribution in [3.8, 4) is 5.75 Å². The Kier molecular flexibility index (Phi) is 14.3. The fourth-order valence-corrected chi connectivity index (χ4v) is 5.79. The van der Waals surface area contributed by atoms with Crippen molar-refractivity contribution < 1.29 is 29.1 Å². The van der Waals surface area contributed by atoms with Gasteiger partial charge in [0.2, 0.25) is 29.5 Å². The van der Waals surface area contributed by atoms with Crippen molar-refractivity contribution in [2.45, 2.75) is 62.7 Å². The summed E-state index contributed by atoms with van der Waals surface area (Å²) in [4.78, 5) is 76.4. The lowest BCUT2D eigenvalue weighted by atomic mass is 10.0. The fourth-order valence-electron chi connectivity index (χ4n) is 5.79. The van der Waals surface area contributed by atoms with Crippen LogP contribution < -0.4 is 49.5 Å². The molecule has 1 heterocycles. The van der Waals surface area contributed by atoms with Gasteiger partial charge in [-0.2, -0.15) is 0 Å². The summed E-state index contributed by atoms with van der Waals surface area (Å²) in [6.45, 7) is -0.194. The predicted octanol–water partition coefficient (Wildman–Crippen LogP) is -1.49. The van der Waals surface area contributed by atoms with Crippen molar-refractivity contribution in [1.29, 1.82) is 0 Å². The van der Waals surface area contributed by atoms with E-state index in [4.69, 9.17) is 22.9 Å². The molecular weight excluding hydrogens is 682 g/mol. The van der Waals surface area contributed by atoms with Gasteiger partial charge < -0.3 is 54.6 Å². The maximum Gasteiger partial charge on any atom is 0.243 e. The van der Waals surface area contributed by atoms with Gasteiger partial charge in [-0.15, -0.1) is 0 Å². The Morgan fingerprint density at radius 1 is 0.604 bits per heavy atom. The van der Waals surface area contributed by atoms with Crippen molar-refractivity contribution in [3.63, 3.8) is 0 Å². The largest absolute Gasteiger partial charge is 0.508 e. The second kappa shape index (κ2) is 19.3. The Morgan fingerprint density at radius 3 is 1.68 bits per heavy atom. The topological polar surface area (TPSA) is 295 Å². The first-order chi connectivity index (χ1) is 25.4. The van der Waals surface area contributed by atoms with Crippen molar-refractivity contribution in [1.82, 2.24) is 26.6 Å². The minimum absolute atomic E-state index is 0.00775. The van der Waals surface area contributed by atoms with E-state index in [0.717, 1.165) is 16.3 Å². The number of aromatic hydroxyl groups is 1. The van der Waals surface area contributed by atoms with E-state index in [1.165, 1.54) is 12.1 Å². The van der Waals surface area contributed by atoms with Crippen LogP contribution in [0.3, 0.4) is 0 Å². The molecule has 0 aromatic heterocycles. The number of nitrogens with zero attached hydrogens (tertiary/aromatic N) is 2. The first-order valence-corrected chi connectivity index (χ1v) is 17.2. The number of rotatable bonds is 12. The quantitative estimate of drug-likeness (QED) is 0.0585.